The van der Waals surface area contributed by atoms with E-state index in [0.29, 0.717) is 6.29 Å². The zero-order valence-electron chi connectivity index (χ0n) is 12.0. The quantitative estimate of drug-likeness (QED) is 0.600. The van der Waals surface area contributed by atoms with Crippen molar-refractivity contribution in [2.45, 2.75) is 44.2 Å². The van der Waals surface area contributed by atoms with Gasteiger partial charge in [-0.2, -0.15) is 0 Å². The van der Waals surface area contributed by atoms with Crippen molar-refractivity contribution < 1.29 is 24.1 Å². The van der Waals surface area contributed by atoms with E-state index in [-0.39, 0.29) is 16.9 Å². The number of aliphatic hydroxyl groups excluding tert-OH is 1. The van der Waals surface area contributed by atoms with Gasteiger partial charge in [0.2, 0.25) is 0 Å². The second kappa shape index (κ2) is 5.36. The molecule has 4 atom stereocenters. The summed E-state index contributed by atoms with van der Waals surface area (Å²) in [5, 5.41) is 9.45. The molecule has 0 aliphatic carbocycles. The molecule has 3 rings (SSSR count). The molecular weight excluding hydrogens is 312 g/mol. The molecule has 0 radical (unpaired) electrons. The van der Waals surface area contributed by atoms with Gasteiger partial charge >= 0.3 is 0 Å². The van der Waals surface area contributed by atoms with Gasteiger partial charge in [-0.3, -0.25) is 19.1 Å². The highest BCUT2D eigenvalue weighted by Gasteiger charge is 2.55. The largest absolute Gasteiger partial charge is 0.394 e. The summed E-state index contributed by atoms with van der Waals surface area (Å²) in [5.41, 5.74) is -0.632. The van der Waals surface area contributed by atoms with Gasteiger partial charge in [-0.25, -0.2) is 0 Å². The Labute approximate surface area is 130 Å². The minimum Gasteiger partial charge on any atom is -0.394 e. The second-order valence-electron chi connectivity index (χ2n) is 5.68. The van der Waals surface area contributed by atoms with Crippen LogP contribution in [0.25, 0.3) is 0 Å². The third kappa shape index (κ3) is 2.44. The average Bonchev–Trinajstić information content (AvgIpc) is 2.92. The van der Waals surface area contributed by atoms with E-state index in [4.69, 9.17) is 26.4 Å². The molecule has 0 spiro atoms. The lowest BCUT2D eigenvalue weighted by molar-refractivity contribution is -0.200. The molecule has 0 saturated carbocycles. The topological polar surface area (TPSA) is 103 Å². The van der Waals surface area contributed by atoms with E-state index in [2.05, 4.69) is 4.98 Å². The van der Waals surface area contributed by atoms with Crippen molar-refractivity contribution in [1.82, 2.24) is 9.55 Å². The highest BCUT2D eigenvalue weighted by Crippen LogP contribution is 2.42. The maximum absolute atomic E-state index is 11.6. The first kappa shape index (κ1) is 15.5. The van der Waals surface area contributed by atoms with Gasteiger partial charge in [-0.15, -0.1) is 0 Å². The number of ether oxygens (including phenoxy) is 3. The number of nitrogens with zero attached hydrogens (tertiary/aromatic N) is 1. The number of hydrogen-bond donors (Lipinski definition) is 2. The highest BCUT2D eigenvalue weighted by atomic mass is 32.1. The van der Waals surface area contributed by atoms with E-state index in [1.807, 2.05) is 0 Å². The first-order valence-corrected chi connectivity index (χ1v) is 7.20. The molecule has 3 heterocycles. The van der Waals surface area contributed by atoms with Crippen LogP contribution in [-0.4, -0.2) is 51.6 Å². The van der Waals surface area contributed by atoms with Crippen LogP contribution in [0.3, 0.4) is 0 Å². The molecule has 8 nitrogen and oxygen atoms in total. The first-order chi connectivity index (χ1) is 10.4. The Hall–Kier alpha value is -1.39. The Morgan fingerprint density at radius 3 is 2.77 bits per heavy atom. The summed E-state index contributed by atoms with van der Waals surface area (Å²) in [6.07, 6.45) is -0.486. The number of carbonyl (C=O) groups is 1. The standard InChI is InChI=1S/C13H16N2O6S/c1-13(2)20-8-7(5-17)19-11(9(8)21-13)15-3-6(4-16)10(18)14-12(15)22/h3-4,7-9,11,17H,5H2,1-2H3,(H,14,18,22)/t7-,8-,9-,11-/m1/s1. The Kier molecular flexibility index (Phi) is 3.77. The molecule has 0 bridgehead atoms. The number of fused-ring (bicyclic) bond motifs is 1. The van der Waals surface area contributed by atoms with Crippen LogP contribution < -0.4 is 5.56 Å². The molecule has 9 heteroatoms. The summed E-state index contributed by atoms with van der Waals surface area (Å²) in [4.78, 5) is 25.0. The van der Waals surface area contributed by atoms with Crippen LogP contribution in [0.2, 0.25) is 0 Å². The summed E-state index contributed by atoms with van der Waals surface area (Å²) < 4.78 is 18.9. The molecule has 2 N–H and O–H groups in total. The molecule has 2 saturated heterocycles. The number of carbonyl (C=O) groups excluding carboxylic acids is 1. The van der Waals surface area contributed by atoms with Crippen molar-refractivity contribution in [1.29, 1.82) is 0 Å². The molecule has 1 aromatic rings. The molecule has 0 amide bonds. The maximum Gasteiger partial charge on any atom is 0.262 e. The van der Waals surface area contributed by atoms with Crippen LogP contribution in [0.15, 0.2) is 11.0 Å². The van der Waals surface area contributed by atoms with Crippen LogP contribution in [0.5, 0.6) is 0 Å². The number of H-pyrrole nitrogens is 1. The van der Waals surface area contributed by atoms with E-state index in [9.17, 15) is 14.7 Å². The maximum atomic E-state index is 11.6. The number of rotatable bonds is 3. The fourth-order valence-corrected chi connectivity index (χ4v) is 3.05. The van der Waals surface area contributed by atoms with Gasteiger partial charge in [0.1, 0.15) is 18.3 Å². The average molecular weight is 328 g/mol. The minimum absolute atomic E-state index is 0.0700. The highest BCUT2D eigenvalue weighted by molar-refractivity contribution is 7.71. The van der Waals surface area contributed by atoms with Gasteiger partial charge in [-0.05, 0) is 26.1 Å². The van der Waals surface area contributed by atoms with Crippen molar-refractivity contribution in [2.75, 3.05) is 6.61 Å². The normalized spacial score (nSPS) is 32.9. The lowest BCUT2D eigenvalue weighted by atomic mass is 10.1. The van der Waals surface area contributed by atoms with Crippen LogP contribution in [0.4, 0.5) is 0 Å². The van der Waals surface area contributed by atoms with Gasteiger partial charge in [-0.1, -0.05) is 0 Å². The molecule has 120 valence electrons. The van der Waals surface area contributed by atoms with Gasteiger partial charge in [0.15, 0.2) is 23.1 Å². The minimum atomic E-state index is -0.817. The third-order valence-electron chi connectivity index (χ3n) is 3.70. The summed E-state index contributed by atoms with van der Waals surface area (Å²) >= 11 is 5.13. The number of hydrogen-bond acceptors (Lipinski definition) is 7. The van der Waals surface area contributed by atoms with E-state index >= 15 is 0 Å². The Morgan fingerprint density at radius 2 is 2.14 bits per heavy atom. The monoisotopic (exact) mass is 328 g/mol. The molecule has 22 heavy (non-hydrogen) atoms. The van der Waals surface area contributed by atoms with E-state index in [0.717, 1.165) is 0 Å². The van der Waals surface area contributed by atoms with Gasteiger partial charge in [0.25, 0.3) is 5.56 Å². The molecule has 2 aliphatic rings. The Balaban J connectivity index is 2.03. The van der Waals surface area contributed by atoms with E-state index < -0.39 is 35.9 Å². The SMILES string of the molecule is CC1(C)O[C@@H]2[C@H](O1)[C@@H](CO)O[C@H]2n1cc(C=O)c(=O)[nH]c1=S. The van der Waals surface area contributed by atoms with Crippen LogP contribution in [-0.2, 0) is 14.2 Å². The molecule has 2 aliphatic heterocycles. The van der Waals surface area contributed by atoms with Crippen molar-refractivity contribution in [2.24, 2.45) is 0 Å². The van der Waals surface area contributed by atoms with Crippen LogP contribution in [0.1, 0.15) is 30.4 Å². The predicted molar refractivity (Wildman–Crippen MR) is 76.1 cm³/mol. The van der Waals surface area contributed by atoms with Gasteiger partial charge < -0.3 is 19.3 Å². The van der Waals surface area contributed by atoms with E-state index in [1.165, 1.54) is 10.8 Å². The van der Waals surface area contributed by atoms with Gasteiger partial charge in [0, 0.05) is 6.20 Å². The number of aromatic nitrogens is 2. The molecule has 1 aromatic heterocycles. The predicted octanol–water partition coefficient (Wildman–Crippen LogP) is 0.128. The van der Waals surface area contributed by atoms with Crippen molar-refractivity contribution >= 4 is 18.5 Å². The lowest BCUT2D eigenvalue weighted by Crippen LogP contribution is -2.31. The lowest BCUT2D eigenvalue weighted by Gasteiger charge is -2.24. The number of nitrogens with one attached hydrogen (secondary N) is 1. The third-order valence-corrected chi connectivity index (χ3v) is 4.01. The fourth-order valence-electron chi connectivity index (χ4n) is 2.80. The summed E-state index contributed by atoms with van der Waals surface area (Å²) in [5.74, 6) is -0.817. The molecule has 2 fully saturated rings. The fraction of sp³-hybridized carbons (Fsp3) is 0.615. The van der Waals surface area contributed by atoms with Crippen molar-refractivity contribution in [3.05, 3.63) is 26.9 Å². The number of aromatic amines is 1. The van der Waals surface area contributed by atoms with E-state index in [1.54, 1.807) is 13.8 Å². The van der Waals surface area contributed by atoms with Gasteiger partial charge in [0.05, 0.1) is 12.2 Å². The zero-order chi connectivity index (χ0) is 16.1. The second-order valence-corrected chi connectivity index (χ2v) is 6.07. The van der Waals surface area contributed by atoms with Crippen molar-refractivity contribution in [3.63, 3.8) is 0 Å². The van der Waals surface area contributed by atoms with Crippen LogP contribution >= 0.6 is 12.2 Å². The molecule has 0 unspecified atom stereocenters. The molecule has 0 aromatic carbocycles. The number of aliphatic hydroxyl groups is 1. The van der Waals surface area contributed by atoms with Crippen LogP contribution in [0, 0.1) is 4.77 Å². The van der Waals surface area contributed by atoms with Crippen molar-refractivity contribution in [3.8, 4) is 0 Å². The summed E-state index contributed by atoms with van der Waals surface area (Å²) in [6.45, 7) is 3.29. The Morgan fingerprint density at radius 1 is 1.45 bits per heavy atom. The molecular formula is C13H16N2O6S. The first-order valence-electron chi connectivity index (χ1n) is 6.79. The summed E-state index contributed by atoms with van der Waals surface area (Å²) in [7, 11) is 0. The summed E-state index contributed by atoms with van der Waals surface area (Å²) in [6, 6.07) is 0. The zero-order valence-corrected chi connectivity index (χ0v) is 12.8. The smallest absolute Gasteiger partial charge is 0.262 e. The Bertz CT molecular complexity index is 711. The number of aldehydes is 1.